The Bertz CT molecular complexity index is 612. The van der Waals surface area contributed by atoms with Gasteiger partial charge in [0.2, 0.25) is 0 Å². The zero-order valence-corrected chi connectivity index (χ0v) is 13.1. The number of pyridine rings is 1. The SMILES string of the molecule is CNc1nc(-c2cc(C)nc(C)c2)nc(C)c1C(C)C. The Labute approximate surface area is 120 Å². The van der Waals surface area contributed by atoms with E-state index in [4.69, 9.17) is 0 Å². The molecule has 2 heterocycles. The second-order valence-electron chi connectivity index (χ2n) is 5.44. The average molecular weight is 270 g/mol. The van der Waals surface area contributed by atoms with Crippen molar-refractivity contribution in [1.82, 2.24) is 15.0 Å². The fourth-order valence-electron chi connectivity index (χ4n) is 2.56. The Morgan fingerprint density at radius 2 is 1.55 bits per heavy atom. The van der Waals surface area contributed by atoms with E-state index >= 15 is 0 Å². The van der Waals surface area contributed by atoms with Crippen LogP contribution in [0, 0.1) is 20.8 Å². The van der Waals surface area contributed by atoms with E-state index in [9.17, 15) is 0 Å². The van der Waals surface area contributed by atoms with Gasteiger partial charge in [0.1, 0.15) is 5.82 Å². The van der Waals surface area contributed by atoms with Crippen LogP contribution in [0.1, 0.15) is 42.4 Å². The smallest absolute Gasteiger partial charge is 0.161 e. The molecule has 2 aromatic rings. The molecule has 0 saturated carbocycles. The van der Waals surface area contributed by atoms with Gasteiger partial charge in [-0.1, -0.05) is 13.8 Å². The van der Waals surface area contributed by atoms with Gasteiger partial charge in [-0.25, -0.2) is 9.97 Å². The van der Waals surface area contributed by atoms with Crippen molar-refractivity contribution < 1.29 is 0 Å². The van der Waals surface area contributed by atoms with E-state index < -0.39 is 0 Å². The molecule has 0 aliphatic carbocycles. The monoisotopic (exact) mass is 270 g/mol. The second kappa shape index (κ2) is 5.57. The molecule has 0 spiro atoms. The highest BCUT2D eigenvalue weighted by molar-refractivity contribution is 5.61. The van der Waals surface area contributed by atoms with Gasteiger partial charge < -0.3 is 5.32 Å². The lowest BCUT2D eigenvalue weighted by molar-refractivity contribution is 0.833. The number of rotatable bonds is 3. The number of aryl methyl sites for hydroxylation is 3. The predicted octanol–water partition coefficient (Wildman–Crippen LogP) is 3.63. The maximum atomic E-state index is 4.68. The summed E-state index contributed by atoms with van der Waals surface area (Å²) < 4.78 is 0. The number of hydrogen-bond donors (Lipinski definition) is 1. The third-order valence-electron chi connectivity index (χ3n) is 3.29. The summed E-state index contributed by atoms with van der Waals surface area (Å²) in [6.45, 7) is 10.3. The van der Waals surface area contributed by atoms with E-state index in [1.54, 1.807) is 0 Å². The van der Waals surface area contributed by atoms with Gasteiger partial charge in [0.25, 0.3) is 0 Å². The van der Waals surface area contributed by atoms with E-state index in [2.05, 4.69) is 34.1 Å². The molecular weight excluding hydrogens is 248 g/mol. The van der Waals surface area contributed by atoms with Gasteiger partial charge in [-0.2, -0.15) is 0 Å². The Morgan fingerprint density at radius 3 is 2.05 bits per heavy atom. The number of nitrogens with one attached hydrogen (secondary N) is 1. The van der Waals surface area contributed by atoms with E-state index in [0.29, 0.717) is 5.92 Å². The molecule has 0 aliphatic rings. The molecule has 0 aliphatic heterocycles. The highest BCUT2D eigenvalue weighted by Gasteiger charge is 2.15. The van der Waals surface area contributed by atoms with Crippen LogP contribution in [0.4, 0.5) is 5.82 Å². The molecule has 1 N–H and O–H groups in total. The molecule has 0 amide bonds. The highest BCUT2D eigenvalue weighted by Crippen LogP contribution is 2.28. The Hall–Kier alpha value is -1.97. The fraction of sp³-hybridized carbons (Fsp3) is 0.438. The summed E-state index contributed by atoms with van der Waals surface area (Å²) in [6, 6.07) is 4.05. The zero-order chi connectivity index (χ0) is 14.9. The molecule has 0 bridgehead atoms. The molecule has 0 saturated heterocycles. The molecule has 2 rings (SSSR count). The van der Waals surface area contributed by atoms with Crippen molar-refractivity contribution in [2.75, 3.05) is 12.4 Å². The van der Waals surface area contributed by atoms with Crippen LogP contribution in [0.5, 0.6) is 0 Å². The summed E-state index contributed by atoms with van der Waals surface area (Å²) in [5.74, 6) is 2.06. The van der Waals surface area contributed by atoms with Gasteiger partial charge in [-0.15, -0.1) is 0 Å². The molecule has 4 heteroatoms. The molecule has 0 unspecified atom stereocenters. The standard InChI is InChI=1S/C16H22N4/c1-9(2)14-12(5)19-15(20-16(14)17-6)13-7-10(3)18-11(4)8-13/h7-9H,1-6H3,(H,17,19,20). The molecule has 106 valence electrons. The van der Waals surface area contributed by atoms with Crippen molar-refractivity contribution in [3.63, 3.8) is 0 Å². The highest BCUT2D eigenvalue weighted by atomic mass is 15.0. The van der Waals surface area contributed by atoms with Crippen LogP contribution in [0.25, 0.3) is 11.4 Å². The normalized spacial score (nSPS) is 10.9. The van der Waals surface area contributed by atoms with E-state index in [1.165, 1.54) is 5.56 Å². The summed E-state index contributed by atoms with van der Waals surface area (Å²) >= 11 is 0. The van der Waals surface area contributed by atoms with E-state index in [1.807, 2.05) is 40.0 Å². The first-order valence-electron chi connectivity index (χ1n) is 6.94. The fourth-order valence-corrected chi connectivity index (χ4v) is 2.56. The van der Waals surface area contributed by atoms with Crippen molar-refractivity contribution >= 4 is 5.82 Å². The van der Waals surface area contributed by atoms with Gasteiger partial charge in [0.05, 0.1) is 0 Å². The minimum atomic E-state index is 0.396. The van der Waals surface area contributed by atoms with Crippen molar-refractivity contribution in [1.29, 1.82) is 0 Å². The minimum Gasteiger partial charge on any atom is -0.373 e. The molecule has 2 aromatic heterocycles. The van der Waals surface area contributed by atoms with Crippen molar-refractivity contribution in [3.05, 3.63) is 34.8 Å². The largest absolute Gasteiger partial charge is 0.373 e. The zero-order valence-electron chi connectivity index (χ0n) is 13.1. The van der Waals surface area contributed by atoms with Crippen LogP contribution in [-0.4, -0.2) is 22.0 Å². The Kier molecular flexibility index (Phi) is 4.02. The van der Waals surface area contributed by atoms with Gasteiger partial charge in [0.15, 0.2) is 5.82 Å². The molecule has 0 fully saturated rings. The summed E-state index contributed by atoms with van der Waals surface area (Å²) in [5.41, 5.74) is 5.20. The first-order chi connectivity index (χ1) is 9.42. The molecule has 20 heavy (non-hydrogen) atoms. The Balaban J connectivity index is 2.61. The molecule has 0 aromatic carbocycles. The predicted molar refractivity (Wildman–Crippen MR) is 83.1 cm³/mol. The topological polar surface area (TPSA) is 50.7 Å². The van der Waals surface area contributed by atoms with Crippen molar-refractivity contribution in [2.45, 2.75) is 40.5 Å². The van der Waals surface area contributed by atoms with E-state index in [-0.39, 0.29) is 0 Å². The maximum Gasteiger partial charge on any atom is 0.161 e. The summed E-state index contributed by atoms with van der Waals surface area (Å²) in [5, 5.41) is 3.19. The van der Waals surface area contributed by atoms with Gasteiger partial charge in [0, 0.05) is 35.3 Å². The number of anilines is 1. The van der Waals surface area contributed by atoms with Crippen LogP contribution in [-0.2, 0) is 0 Å². The van der Waals surface area contributed by atoms with Crippen LogP contribution in [0.3, 0.4) is 0 Å². The lowest BCUT2D eigenvalue weighted by Gasteiger charge is -2.16. The number of aromatic nitrogens is 3. The van der Waals surface area contributed by atoms with Crippen molar-refractivity contribution in [3.8, 4) is 11.4 Å². The number of hydrogen-bond acceptors (Lipinski definition) is 4. The average Bonchev–Trinajstić information content (AvgIpc) is 2.35. The first kappa shape index (κ1) is 14.4. The third-order valence-corrected chi connectivity index (χ3v) is 3.29. The van der Waals surface area contributed by atoms with Crippen molar-refractivity contribution in [2.24, 2.45) is 0 Å². The molecule has 0 atom stereocenters. The summed E-state index contributed by atoms with van der Waals surface area (Å²) in [4.78, 5) is 13.8. The maximum absolute atomic E-state index is 4.68. The van der Waals surface area contributed by atoms with Crippen LogP contribution in [0.2, 0.25) is 0 Å². The third kappa shape index (κ3) is 2.79. The van der Waals surface area contributed by atoms with Gasteiger partial charge >= 0.3 is 0 Å². The first-order valence-corrected chi connectivity index (χ1v) is 6.94. The number of nitrogens with zero attached hydrogens (tertiary/aromatic N) is 3. The van der Waals surface area contributed by atoms with Gasteiger partial charge in [-0.05, 0) is 38.8 Å². The van der Waals surface area contributed by atoms with Crippen LogP contribution in [0.15, 0.2) is 12.1 Å². The van der Waals surface area contributed by atoms with E-state index in [0.717, 1.165) is 34.3 Å². The molecule has 0 radical (unpaired) electrons. The Morgan fingerprint density at radius 1 is 0.950 bits per heavy atom. The second-order valence-corrected chi connectivity index (χ2v) is 5.44. The minimum absolute atomic E-state index is 0.396. The van der Waals surface area contributed by atoms with Crippen LogP contribution < -0.4 is 5.32 Å². The van der Waals surface area contributed by atoms with Crippen LogP contribution >= 0.6 is 0 Å². The summed E-state index contributed by atoms with van der Waals surface area (Å²) in [7, 11) is 1.90. The van der Waals surface area contributed by atoms with Gasteiger partial charge in [-0.3, -0.25) is 4.98 Å². The summed E-state index contributed by atoms with van der Waals surface area (Å²) in [6.07, 6.45) is 0. The molecular formula is C16H22N4. The molecule has 4 nitrogen and oxygen atoms in total. The lowest BCUT2D eigenvalue weighted by Crippen LogP contribution is -2.07. The lowest BCUT2D eigenvalue weighted by atomic mass is 10.0. The quantitative estimate of drug-likeness (QED) is 0.925.